The van der Waals surface area contributed by atoms with Crippen molar-refractivity contribution >= 4 is 22.6 Å². The molecule has 1 aromatic carbocycles. The maximum absolute atomic E-state index is 6.12. The number of imidazole rings is 1. The molecule has 19 heavy (non-hydrogen) atoms. The zero-order valence-electron chi connectivity index (χ0n) is 12.1. The molecule has 2 rings (SSSR count). The third-order valence-electron chi connectivity index (χ3n) is 3.34. The molecule has 4 heteroatoms. The zero-order chi connectivity index (χ0) is 14.0. The Morgan fingerprint density at radius 3 is 2.68 bits per heavy atom. The molecule has 0 unspecified atom stereocenters. The number of hydrogen-bond acceptors (Lipinski definition) is 2. The number of nitrogens with zero attached hydrogens (tertiary/aromatic N) is 2. The standard InChI is InChI=1S/C15H22ClN3/c1-5-9-19-13-10-11(16)7-8-12(13)18-14(19)15(3,4)17-6-2/h7-8,10,17H,5-6,9H2,1-4H3. The summed E-state index contributed by atoms with van der Waals surface area (Å²) in [5.41, 5.74) is 1.99. The summed E-state index contributed by atoms with van der Waals surface area (Å²) in [7, 11) is 0. The first-order valence-electron chi connectivity index (χ1n) is 6.91. The van der Waals surface area contributed by atoms with Crippen LogP contribution in [0.25, 0.3) is 11.0 Å². The van der Waals surface area contributed by atoms with Crippen molar-refractivity contribution in [3.63, 3.8) is 0 Å². The zero-order valence-corrected chi connectivity index (χ0v) is 12.9. The number of benzene rings is 1. The van der Waals surface area contributed by atoms with Crippen molar-refractivity contribution in [3.05, 3.63) is 29.0 Å². The second-order valence-electron chi connectivity index (χ2n) is 5.38. The van der Waals surface area contributed by atoms with E-state index in [1.165, 1.54) is 0 Å². The number of aromatic nitrogens is 2. The fraction of sp³-hybridized carbons (Fsp3) is 0.533. The molecule has 0 fully saturated rings. The molecule has 104 valence electrons. The lowest BCUT2D eigenvalue weighted by Gasteiger charge is -2.26. The van der Waals surface area contributed by atoms with E-state index in [0.717, 1.165) is 41.4 Å². The van der Waals surface area contributed by atoms with Gasteiger partial charge in [0.1, 0.15) is 5.82 Å². The van der Waals surface area contributed by atoms with Gasteiger partial charge < -0.3 is 9.88 Å². The van der Waals surface area contributed by atoms with Gasteiger partial charge in [0.2, 0.25) is 0 Å². The molecule has 0 amide bonds. The minimum absolute atomic E-state index is 0.143. The molecule has 3 nitrogen and oxygen atoms in total. The van der Waals surface area contributed by atoms with Crippen molar-refractivity contribution < 1.29 is 0 Å². The predicted molar refractivity (Wildman–Crippen MR) is 81.7 cm³/mol. The van der Waals surface area contributed by atoms with Crippen LogP contribution in [0.1, 0.15) is 39.9 Å². The molecule has 2 aromatic rings. The highest BCUT2D eigenvalue weighted by Gasteiger charge is 2.26. The Labute approximate surface area is 120 Å². The van der Waals surface area contributed by atoms with Gasteiger partial charge in [-0.1, -0.05) is 25.4 Å². The normalized spacial score (nSPS) is 12.3. The van der Waals surface area contributed by atoms with Gasteiger partial charge in [-0.2, -0.15) is 0 Å². The maximum Gasteiger partial charge on any atom is 0.129 e. The lowest BCUT2D eigenvalue weighted by molar-refractivity contribution is 0.375. The fourth-order valence-corrected chi connectivity index (χ4v) is 2.71. The summed E-state index contributed by atoms with van der Waals surface area (Å²) in [6, 6.07) is 5.90. The van der Waals surface area contributed by atoms with Crippen molar-refractivity contribution in [2.75, 3.05) is 6.54 Å². The molecule has 1 heterocycles. The molecular formula is C15H22ClN3. The Hall–Kier alpha value is -1.06. The number of nitrogens with one attached hydrogen (secondary N) is 1. The minimum Gasteiger partial charge on any atom is -0.326 e. The number of halogens is 1. The number of aryl methyl sites for hydroxylation is 1. The summed E-state index contributed by atoms with van der Waals surface area (Å²) in [6.45, 7) is 10.5. The minimum atomic E-state index is -0.143. The van der Waals surface area contributed by atoms with Crippen LogP contribution >= 0.6 is 11.6 Å². The van der Waals surface area contributed by atoms with E-state index < -0.39 is 0 Å². The van der Waals surface area contributed by atoms with E-state index in [1.807, 2.05) is 18.2 Å². The third kappa shape index (κ3) is 2.77. The van der Waals surface area contributed by atoms with Crippen LogP contribution < -0.4 is 5.32 Å². The van der Waals surface area contributed by atoms with Crippen molar-refractivity contribution in [3.8, 4) is 0 Å². The number of rotatable bonds is 5. The topological polar surface area (TPSA) is 29.9 Å². The first-order valence-corrected chi connectivity index (χ1v) is 7.28. The molecule has 0 saturated heterocycles. The van der Waals surface area contributed by atoms with Crippen molar-refractivity contribution in [2.24, 2.45) is 0 Å². The summed E-state index contributed by atoms with van der Waals surface area (Å²) in [5.74, 6) is 1.08. The van der Waals surface area contributed by atoms with E-state index in [0.29, 0.717) is 0 Å². The molecule has 0 aliphatic carbocycles. The second-order valence-corrected chi connectivity index (χ2v) is 5.81. The van der Waals surface area contributed by atoms with Gasteiger partial charge >= 0.3 is 0 Å². The van der Waals surface area contributed by atoms with Gasteiger partial charge in [-0.15, -0.1) is 0 Å². The van der Waals surface area contributed by atoms with Gasteiger partial charge in [0.05, 0.1) is 16.6 Å². The van der Waals surface area contributed by atoms with E-state index in [2.05, 4.69) is 37.6 Å². The van der Waals surface area contributed by atoms with E-state index in [1.54, 1.807) is 0 Å². The Balaban J connectivity index is 2.62. The summed E-state index contributed by atoms with van der Waals surface area (Å²) in [4.78, 5) is 4.80. The number of fused-ring (bicyclic) bond motifs is 1. The Morgan fingerprint density at radius 2 is 2.05 bits per heavy atom. The average molecular weight is 280 g/mol. The highest BCUT2D eigenvalue weighted by Crippen LogP contribution is 2.27. The molecule has 0 saturated carbocycles. The van der Waals surface area contributed by atoms with Gasteiger partial charge in [0, 0.05) is 11.6 Å². The SMILES string of the molecule is CCCn1c(C(C)(C)NCC)nc2ccc(Cl)cc21. The van der Waals surface area contributed by atoms with E-state index >= 15 is 0 Å². The molecule has 0 bridgehead atoms. The summed E-state index contributed by atoms with van der Waals surface area (Å²) < 4.78 is 2.28. The Morgan fingerprint density at radius 1 is 1.32 bits per heavy atom. The van der Waals surface area contributed by atoms with Crippen LogP contribution in [0.5, 0.6) is 0 Å². The fourth-order valence-electron chi connectivity index (χ4n) is 2.54. The largest absolute Gasteiger partial charge is 0.326 e. The first kappa shape index (κ1) is 14.4. The molecule has 0 aliphatic heterocycles. The van der Waals surface area contributed by atoms with Gasteiger partial charge in [-0.25, -0.2) is 4.98 Å². The Bertz CT molecular complexity index is 572. The molecule has 0 atom stereocenters. The molecule has 0 radical (unpaired) electrons. The van der Waals surface area contributed by atoms with Crippen molar-refractivity contribution in [2.45, 2.75) is 46.2 Å². The van der Waals surface area contributed by atoms with Crippen LogP contribution in [0.3, 0.4) is 0 Å². The highest BCUT2D eigenvalue weighted by molar-refractivity contribution is 6.31. The van der Waals surface area contributed by atoms with Crippen LogP contribution in [-0.4, -0.2) is 16.1 Å². The number of hydrogen-bond donors (Lipinski definition) is 1. The molecule has 0 spiro atoms. The quantitative estimate of drug-likeness (QED) is 0.898. The predicted octanol–water partition coefficient (Wildman–Crippen LogP) is 3.94. The molecule has 1 aromatic heterocycles. The summed E-state index contributed by atoms with van der Waals surface area (Å²) in [6.07, 6.45) is 1.08. The van der Waals surface area contributed by atoms with Crippen LogP contribution in [0.4, 0.5) is 0 Å². The first-order chi connectivity index (χ1) is 8.99. The Kier molecular flexibility index (Phi) is 4.16. The van der Waals surface area contributed by atoms with Crippen LogP contribution in [-0.2, 0) is 12.1 Å². The summed E-state index contributed by atoms with van der Waals surface area (Å²) >= 11 is 6.12. The average Bonchev–Trinajstić information content (AvgIpc) is 2.69. The van der Waals surface area contributed by atoms with Gasteiger partial charge in [-0.3, -0.25) is 0 Å². The van der Waals surface area contributed by atoms with Crippen molar-refractivity contribution in [1.82, 2.24) is 14.9 Å². The molecule has 0 aliphatic rings. The second kappa shape index (κ2) is 5.51. The monoisotopic (exact) mass is 279 g/mol. The van der Waals surface area contributed by atoms with Crippen molar-refractivity contribution in [1.29, 1.82) is 0 Å². The summed E-state index contributed by atoms with van der Waals surface area (Å²) in [5, 5.41) is 4.26. The van der Waals surface area contributed by atoms with Crippen LogP contribution in [0.2, 0.25) is 5.02 Å². The van der Waals surface area contributed by atoms with E-state index in [9.17, 15) is 0 Å². The van der Waals surface area contributed by atoms with E-state index in [-0.39, 0.29) is 5.54 Å². The maximum atomic E-state index is 6.12. The van der Waals surface area contributed by atoms with E-state index in [4.69, 9.17) is 16.6 Å². The third-order valence-corrected chi connectivity index (χ3v) is 3.57. The smallest absolute Gasteiger partial charge is 0.129 e. The lowest BCUT2D eigenvalue weighted by atomic mass is 10.0. The lowest BCUT2D eigenvalue weighted by Crippen LogP contribution is -2.39. The van der Waals surface area contributed by atoms with Crippen LogP contribution in [0, 0.1) is 0 Å². The van der Waals surface area contributed by atoms with Gasteiger partial charge in [0.25, 0.3) is 0 Å². The van der Waals surface area contributed by atoms with Gasteiger partial charge in [0.15, 0.2) is 0 Å². The highest BCUT2D eigenvalue weighted by atomic mass is 35.5. The molecule has 1 N–H and O–H groups in total. The molecular weight excluding hydrogens is 258 g/mol. The van der Waals surface area contributed by atoms with Gasteiger partial charge in [-0.05, 0) is 45.0 Å². The van der Waals surface area contributed by atoms with Crippen LogP contribution in [0.15, 0.2) is 18.2 Å².